The molecule has 0 spiro atoms. The van der Waals surface area contributed by atoms with Crippen LogP contribution in [0.15, 0.2) is 36.5 Å². The van der Waals surface area contributed by atoms with E-state index in [1.165, 1.54) is 11.8 Å². The van der Waals surface area contributed by atoms with Gasteiger partial charge in [-0.25, -0.2) is 4.68 Å². The Morgan fingerprint density at radius 1 is 1.29 bits per heavy atom. The van der Waals surface area contributed by atoms with Gasteiger partial charge in [-0.05, 0) is 17.7 Å². The molecule has 24 heavy (non-hydrogen) atoms. The van der Waals surface area contributed by atoms with Crippen molar-refractivity contribution in [2.24, 2.45) is 0 Å². The molecule has 1 aromatic heterocycles. The number of benzene rings is 1. The lowest BCUT2D eigenvalue weighted by molar-refractivity contribution is -0.116. The summed E-state index contributed by atoms with van der Waals surface area (Å²) in [6.45, 7) is 1.70. The molecule has 1 aliphatic rings. The smallest absolute Gasteiger partial charge is 0.281 e. The number of aromatic nitrogens is 2. The topological polar surface area (TPSA) is 67.2 Å². The molecule has 1 saturated heterocycles. The fourth-order valence-corrected chi connectivity index (χ4v) is 3.38. The molecule has 0 aliphatic carbocycles. The van der Waals surface area contributed by atoms with Gasteiger partial charge in [0.2, 0.25) is 5.91 Å². The van der Waals surface area contributed by atoms with Crippen LogP contribution in [0, 0.1) is 0 Å². The van der Waals surface area contributed by atoms with Crippen molar-refractivity contribution in [3.63, 3.8) is 0 Å². The second kappa shape index (κ2) is 7.72. The minimum Gasteiger partial charge on any atom is -0.332 e. The molecule has 0 atom stereocenters. The number of anilines is 1. The fraction of sp³-hybridized carbons (Fsp3) is 0.312. The van der Waals surface area contributed by atoms with E-state index in [0.29, 0.717) is 30.5 Å². The highest BCUT2D eigenvalue weighted by Crippen LogP contribution is 2.17. The van der Waals surface area contributed by atoms with Gasteiger partial charge < -0.3 is 10.2 Å². The summed E-state index contributed by atoms with van der Waals surface area (Å²) >= 11 is 7.18. The van der Waals surface area contributed by atoms with Gasteiger partial charge in [0.1, 0.15) is 5.82 Å². The van der Waals surface area contributed by atoms with Crippen molar-refractivity contribution in [1.82, 2.24) is 14.7 Å². The van der Waals surface area contributed by atoms with Crippen molar-refractivity contribution < 1.29 is 9.59 Å². The van der Waals surface area contributed by atoms with Gasteiger partial charge in [0.25, 0.3) is 5.24 Å². The lowest BCUT2D eigenvalue weighted by atomic mass is 10.2. The van der Waals surface area contributed by atoms with Crippen LogP contribution in [0.4, 0.5) is 10.6 Å². The SMILES string of the molecule is O=C(CCN1CCSC1=O)Nc1ccnn1Cc1ccc(Cl)cc1. The number of amides is 2. The minimum atomic E-state index is -0.127. The number of carbonyl (C=O) groups is 2. The molecule has 6 nitrogen and oxygen atoms in total. The summed E-state index contributed by atoms with van der Waals surface area (Å²) in [4.78, 5) is 25.3. The Labute approximate surface area is 149 Å². The summed E-state index contributed by atoms with van der Waals surface area (Å²) in [6.07, 6.45) is 1.92. The second-order valence-electron chi connectivity index (χ2n) is 5.40. The van der Waals surface area contributed by atoms with Crippen LogP contribution in [0.5, 0.6) is 0 Å². The third kappa shape index (κ3) is 4.30. The van der Waals surface area contributed by atoms with Gasteiger partial charge >= 0.3 is 0 Å². The molecule has 1 N–H and O–H groups in total. The molecular weight excluding hydrogens is 348 g/mol. The summed E-state index contributed by atoms with van der Waals surface area (Å²) in [6, 6.07) is 9.25. The molecule has 2 amide bonds. The Bertz CT molecular complexity index is 732. The highest BCUT2D eigenvalue weighted by molar-refractivity contribution is 8.13. The number of halogens is 1. The van der Waals surface area contributed by atoms with Crippen molar-refractivity contribution in [3.05, 3.63) is 47.1 Å². The van der Waals surface area contributed by atoms with E-state index in [4.69, 9.17) is 11.6 Å². The van der Waals surface area contributed by atoms with E-state index in [1.807, 2.05) is 24.3 Å². The Morgan fingerprint density at radius 3 is 2.79 bits per heavy atom. The second-order valence-corrected chi connectivity index (χ2v) is 6.88. The normalized spacial score (nSPS) is 14.2. The highest BCUT2D eigenvalue weighted by atomic mass is 35.5. The van der Waals surface area contributed by atoms with Gasteiger partial charge in [0, 0.05) is 36.4 Å². The Hall–Kier alpha value is -1.99. The first-order valence-electron chi connectivity index (χ1n) is 7.59. The molecule has 2 aromatic rings. The number of rotatable bonds is 6. The highest BCUT2D eigenvalue weighted by Gasteiger charge is 2.21. The molecule has 1 aromatic carbocycles. The molecule has 8 heteroatoms. The summed E-state index contributed by atoms with van der Waals surface area (Å²) < 4.78 is 1.72. The molecule has 1 fully saturated rings. The zero-order chi connectivity index (χ0) is 16.9. The molecule has 3 rings (SSSR count). The van der Waals surface area contributed by atoms with Crippen LogP contribution >= 0.6 is 23.4 Å². The van der Waals surface area contributed by atoms with Crippen molar-refractivity contribution in [2.75, 3.05) is 24.2 Å². The summed E-state index contributed by atoms with van der Waals surface area (Å²) in [7, 11) is 0. The third-order valence-corrected chi connectivity index (χ3v) is 4.83. The van der Waals surface area contributed by atoms with Crippen LogP contribution in [0.3, 0.4) is 0 Å². The first-order valence-corrected chi connectivity index (χ1v) is 8.96. The summed E-state index contributed by atoms with van der Waals surface area (Å²) in [5.74, 6) is 1.31. The van der Waals surface area contributed by atoms with Crippen molar-refractivity contribution in [3.8, 4) is 0 Å². The van der Waals surface area contributed by atoms with E-state index in [1.54, 1.807) is 21.8 Å². The van der Waals surface area contributed by atoms with Crippen LogP contribution in [0.2, 0.25) is 5.02 Å². The molecule has 0 saturated carbocycles. The molecule has 2 heterocycles. The van der Waals surface area contributed by atoms with Crippen LogP contribution in [0.1, 0.15) is 12.0 Å². The Balaban J connectivity index is 1.55. The molecule has 126 valence electrons. The largest absolute Gasteiger partial charge is 0.332 e. The Kier molecular flexibility index (Phi) is 5.42. The van der Waals surface area contributed by atoms with Gasteiger partial charge in [-0.2, -0.15) is 5.10 Å². The number of carbonyl (C=O) groups excluding carboxylic acids is 2. The monoisotopic (exact) mass is 364 g/mol. The van der Waals surface area contributed by atoms with Crippen molar-refractivity contribution >= 4 is 40.3 Å². The van der Waals surface area contributed by atoms with E-state index in [9.17, 15) is 9.59 Å². The predicted molar refractivity (Wildman–Crippen MR) is 95.5 cm³/mol. The number of hydrogen-bond acceptors (Lipinski definition) is 4. The van der Waals surface area contributed by atoms with Crippen molar-refractivity contribution in [1.29, 1.82) is 0 Å². The zero-order valence-corrected chi connectivity index (χ0v) is 14.5. The zero-order valence-electron chi connectivity index (χ0n) is 12.9. The molecule has 0 radical (unpaired) electrons. The van der Waals surface area contributed by atoms with Crippen LogP contribution in [-0.4, -0.2) is 44.7 Å². The standard InChI is InChI=1S/C16H17ClN4O2S/c17-13-3-1-12(2-4-13)11-21-14(5-7-18-21)19-15(22)6-8-20-9-10-24-16(20)23/h1-5,7H,6,8-11H2,(H,19,22). The maximum atomic E-state index is 12.1. The lowest BCUT2D eigenvalue weighted by Crippen LogP contribution is -2.28. The Morgan fingerprint density at radius 2 is 2.08 bits per heavy atom. The number of nitrogens with zero attached hydrogens (tertiary/aromatic N) is 3. The van der Waals surface area contributed by atoms with Gasteiger partial charge in [0.05, 0.1) is 12.7 Å². The van der Waals surface area contributed by atoms with E-state index in [0.717, 1.165) is 11.3 Å². The first-order chi connectivity index (χ1) is 11.6. The van der Waals surface area contributed by atoms with Crippen LogP contribution < -0.4 is 5.32 Å². The van der Waals surface area contributed by atoms with Crippen molar-refractivity contribution in [2.45, 2.75) is 13.0 Å². The summed E-state index contributed by atoms with van der Waals surface area (Å²) in [5.41, 5.74) is 1.04. The van der Waals surface area contributed by atoms with Gasteiger partial charge in [-0.15, -0.1) is 0 Å². The van der Waals surface area contributed by atoms with Gasteiger partial charge in [-0.3, -0.25) is 9.59 Å². The number of nitrogens with one attached hydrogen (secondary N) is 1. The van der Waals surface area contributed by atoms with E-state index in [2.05, 4.69) is 10.4 Å². The fourth-order valence-electron chi connectivity index (χ4n) is 2.40. The first kappa shape index (κ1) is 16.9. The third-order valence-electron chi connectivity index (χ3n) is 3.68. The van der Waals surface area contributed by atoms with Crippen LogP contribution in [0.25, 0.3) is 0 Å². The lowest BCUT2D eigenvalue weighted by Gasteiger charge is -2.14. The quantitative estimate of drug-likeness (QED) is 0.855. The van der Waals surface area contributed by atoms with E-state index < -0.39 is 0 Å². The molecule has 1 aliphatic heterocycles. The molecule has 0 bridgehead atoms. The van der Waals surface area contributed by atoms with E-state index in [-0.39, 0.29) is 17.6 Å². The summed E-state index contributed by atoms with van der Waals surface area (Å²) in [5, 5.41) is 7.82. The molecule has 0 unspecified atom stereocenters. The van der Waals surface area contributed by atoms with Crippen LogP contribution in [-0.2, 0) is 11.3 Å². The van der Waals surface area contributed by atoms with Gasteiger partial charge in [-0.1, -0.05) is 35.5 Å². The maximum absolute atomic E-state index is 12.1. The molecular formula is C16H17ClN4O2S. The maximum Gasteiger partial charge on any atom is 0.281 e. The predicted octanol–water partition coefficient (Wildman–Crippen LogP) is 3.08. The minimum absolute atomic E-state index is 0.0515. The average molecular weight is 365 g/mol. The average Bonchev–Trinajstić information content (AvgIpc) is 3.17. The van der Waals surface area contributed by atoms with E-state index >= 15 is 0 Å². The number of hydrogen-bond donors (Lipinski definition) is 1. The number of thioether (sulfide) groups is 1. The van der Waals surface area contributed by atoms with Gasteiger partial charge in [0.15, 0.2) is 0 Å².